The van der Waals surface area contributed by atoms with Crippen LogP contribution in [0.15, 0.2) is 65.8 Å². The van der Waals surface area contributed by atoms with E-state index in [1.807, 2.05) is 6.07 Å². The molecule has 8 nitrogen and oxygen atoms in total. The second-order valence-electron chi connectivity index (χ2n) is 6.26. The van der Waals surface area contributed by atoms with Gasteiger partial charge < -0.3 is 10.4 Å². The molecule has 3 N–H and O–H groups in total. The van der Waals surface area contributed by atoms with Crippen LogP contribution in [0.2, 0.25) is 0 Å². The molecule has 28 heavy (non-hydrogen) atoms. The molecule has 2 unspecified atom stereocenters. The minimum absolute atomic E-state index is 0.342. The van der Waals surface area contributed by atoms with Crippen molar-refractivity contribution in [2.24, 2.45) is 4.99 Å². The summed E-state index contributed by atoms with van der Waals surface area (Å²) in [5.74, 6) is -1.88. The number of aliphatic imine (C=N–C) groups is 1. The summed E-state index contributed by atoms with van der Waals surface area (Å²) in [4.78, 5) is 32.9. The fraction of sp³-hybridized carbons (Fsp3) is 0.100. The number of nitrogens with one attached hydrogen (secondary N) is 1. The summed E-state index contributed by atoms with van der Waals surface area (Å²) in [6.45, 7) is 0. The van der Waals surface area contributed by atoms with Crippen molar-refractivity contribution >= 4 is 40.4 Å². The van der Waals surface area contributed by atoms with Crippen molar-refractivity contribution in [3.05, 3.63) is 66.4 Å². The number of pyridine rings is 1. The van der Waals surface area contributed by atoms with Crippen molar-refractivity contribution in [2.75, 3.05) is 5.06 Å². The number of fused-ring (bicyclic) bond motifs is 3. The van der Waals surface area contributed by atoms with E-state index in [4.69, 9.17) is 0 Å². The quantitative estimate of drug-likeness (QED) is 0.644. The average molecular weight is 376 g/mol. The molecule has 0 saturated heterocycles. The molecule has 0 fully saturated rings. The Balaban J connectivity index is 1.62. The highest BCUT2D eigenvalue weighted by Gasteiger charge is 2.32. The number of rotatable bonds is 4. The third kappa shape index (κ3) is 3.06. The van der Waals surface area contributed by atoms with Gasteiger partial charge in [-0.3, -0.25) is 20.0 Å². The molecule has 8 heteroatoms. The molecule has 1 aromatic heterocycles. The Morgan fingerprint density at radius 2 is 1.86 bits per heavy atom. The van der Waals surface area contributed by atoms with Crippen LogP contribution >= 0.6 is 0 Å². The molecule has 2 atom stereocenters. The van der Waals surface area contributed by atoms with Gasteiger partial charge >= 0.3 is 5.97 Å². The first-order valence-electron chi connectivity index (χ1n) is 8.54. The molecule has 0 radical (unpaired) electrons. The van der Waals surface area contributed by atoms with Gasteiger partial charge in [0.2, 0.25) is 0 Å². The van der Waals surface area contributed by atoms with E-state index in [1.165, 1.54) is 6.21 Å². The highest BCUT2D eigenvalue weighted by molar-refractivity contribution is 6.08. The Morgan fingerprint density at radius 1 is 1.07 bits per heavy atom. The standard InChI is InChI=1S/C20H16N4O4/c25-19(23-17(20(26)27)12-5-2-1-3-6-12)16-11-22-18-13-7-4-10-21-14(13)8-9-15(18)24(16)28/h1-11,16-17,28H,(H,23,25)(H,26,27). The van der Waals surface area contributed by atoms with Crippen LogP contribution in [0.25, 0.3) is 10.9 Å². The van der Waals surface area contributed by atoms with E-state index in [0.29, 0.717) is 22.5 Å². The predicted octanol–water partition coefficient (Wildman–Crippen LogP) is 2.46. The highest BCUT2D eigenvalue weighted by atomic mass is 16.5. The Bertz CT molecular complexity index is 1080. The number of aromatic nitrogens is 1. The van der Waals surface area contributed by atoms with Crippen LogP contribution in [0.5, 0.6) is 0 Å². The smallest absolute Gasteiger partial charge is 0.330 e. The molecule has 0 bridgehead atoms. The average Bonchev–Trinajstić information content (AvgIpc) is 2.72. The number of hydrogen-bond donors (Lipinski definition) is 3. The molecule has 3 aromatic rings. The minimum Gasteiger partial charge on any atom is -0.479 e. The Kier molecular flexibility index (Phi) is 4.46. The van der Waals surface area contributed by atoms with Gasteiger partial charge in [0.25, 0.3) is 5.91 Å². The van der Waals surface area contributed by atoms with Gasteiger partial charge in [0.05, 0.1) is 16.9 Å². The lowest BCUT2D eigenvalue weighted by Crippen LogP contribution is -2.49. The number of carbonyl (C=O) groups is 2. The van der Waals surface area contributed by atoms with Crippen LogP contribution in [0.4, 0.5) is 11.4 Å². The van der Waals surface area contributed by atoms with Gasteiger partial charge in [-0.25, -0.2) is 9.86 Å². The summed E-state index contributed by atoms with van der Waals surface area (Å²) in [5.41, 5.74) is 1.98. The lowest BCUT2D eigenvalue weighted by molar-refractivity contribution is -0.142. The first kappa shape index (κ1) is 17.6. The third-order valence-electron chi connectivity index (χ3n) is 4.53. The summed E-state index contributed by atoms with van der Waals surface area (Å²) in [5, 5.41) is 24.1. The molecule has 4 rings (SSSR count). The van der Waals surface area contributed by atoms with Crippen LogP contribution in [0.1, 0.15) is 11.6 Å². The van der Waals surface area contributed by atoms with Crippen LogP contribution in [-0.2, 0) is 9.59 Å². The molecule has 1 amide bonds. The number of carbonyl (C=O) groups excluding carboxylic acids is 1. The lowest BCUT2D eigenvalue weighted by Gasteiger charge is -2.29. The zero-order valence-corrected chi connectivity index (χ0v) is 14.6. The van der Waals surface area contributed by atoms with Gasteiger partial charge in [0.1, 0.15) is 0 Å². The van der Waals surface area contributed by atoms with E-state index in [1.54, 1.807) is 54.7 Å². The number of nitrogens with zero attached hydrogens (tertiary/aromatic N) is 3. The zero-order chi connectivity index (χ0) is 19.7. The molecular weight excluding hydrogens is 360 g/mol. The maximum Gasteiger partial charge on any atom is 0.330 e. The van der Waals surface area contributed by atoms with Crippen molar-refractivity contribution in [3.63, 3.8) is 0 Å². The number of anilines is 1. The second-order valence-corrected chi connectivity index (χ2v) is 6.26. The highest BCUT2D eigenvalue weighted by Crippen LogP contribution is 2.38. The number of hydrogen-bond acceptors (Lipinski definition) is 6. The van der Waals surface area contributed by atoms with Crippen LogP contribution in [0, 0.1) is 0 Å². The van der Waals surface area contributed by atoms with E-state index in [2.05, 4.69) is 15.3 Å². The molecule has 1 aliphatic rings. The van der Waals surface area contributed by atoms with E-state index in [0.717, 1.165) is 10.4 Å². The fourth-order valence-electron chi connectivity index (χ4n) is 3.14. The van der Waals surface area contributed by atoms with E-state index in [-0.39, 0.29) is 0 Å². The van der Waals surface area contributed by atoms with Crippen LogP contribution < -0.4 is 10.4 Å². The molecule has 0 saturated carbocycles. The normalized spacial score (nSPS) is 16.5. The first-order valence-corrected chi connectivity index (χ1v) is 8.54. The third-order valence-corrected chi connectivity index (χ3v) is 4.53. The maximum atomic E-state index is 12.7. The topological polar surface area (TPSA) is 115 Å². The minimum atomic E-state index is -1.24. The summed E-state index contributed by atoms with van der Waals surface area (Å²) < 4.78 is 0. The first-order chi connectivity index (χ1) is 13.6. The Morgan fingerprint density at radius 3 is 2.61 bits per heavy atom. The Hall–Kier alpha value is -3.78. The van der Waals surface area contributed by atoms with E-state index >= 15 is 0 Å². The fourth-order valence-corrected chi connectivity index (χ4v) is 3.14. The molecule has 0 spiro atoms. The monoisotopic (exact) mass is 376 g/mol. The lowest BCUT2D eigenvalue weighted by atomic mass is 10.1. The maximum absolute atomic E-state index is 12.7. The summed E-state index contributed by atoms with van der Waals surface area (Å²) in [6, 6.07) is 12.9. The molecule has 2 heterocycles. The summed E-state index contributed by atoms with van der Waals surface area (Å²) in [6.07, 6.45) is 2.94. The van der Waals surface area contributed by atoms with Crippen LogP contribution in [-0.4, -0.2) is 39.4 Å². The van der Waals surface area contributed by atoms with Crippen molar-refractivity contribution in [1.82, 2.24) is 10.3 Å². The summed E-state index contributed by atoms with van der Waals surface area (Å²) >= 11 is 0. The number of hydroxylamine groups is 1. The largest absolute Gasteiger partial charge is 0.479 e. The molecule has 140 valence electrons. The van der Waals surface area contributed by atoms with Gasteiger partial charge in [-0.2, -0.15) is 0 Å². The van der Waals surface area contributed by atoms with Crippen molar-refractivity contribution in [3.8, 4) is 0 Å². The van der Waals surface area contributed by atoms with Crippen LogP contribution in [0.3, 0.4) is 0 Å². The number of carboxylic acid groups (broad SMARTS) is 1. The van der Waals surface area contributed by atoms with Gasteiger partial charge in [-0.1, -0.05) is 30.3 Å². The molecule has 1 aliphatic heterocycles. The van der Waals surface area contributed by atoms with Crippen molar-refractivity contribution in [1.29, 1.82) is 0 Å². The Labute approximate surface area is 159 Å². The zero-order valence-electron chi connectivity index (χ0n) is 14.6. The second kappa shape index (κ2) is 7.09. The molecular formula is C20H16N4O4. The van der Waals surface area contributed by atoms with E-state index < -0.39 is 24.0 Å². The predicted molar refractivity (Wildman–Crippen MR) is 103 cm³/mol. The van der Waals surface area contributed by atoms with E-state index in [9.17, 15) is 19.9 Å². The molecule has 2 aromatic carbocycles. The van der Waals surface area contributed by atoms with Gasteiger partial charge in [-0.15, -0.1) is 0 Å². The number of carboxylic acids is 1. The van der Waals surface area contributed by atoms with Gasteiger partial charge in [0.15, 0.2) is 12.1 Å². The number of amides is 1. The van der Waals surface area contributed by atoms with Crippen molar-refractivity contribution in [2.45, 2.75) is 12.1 Å². The SMILES string of the molecule is O=C(O)C(NC(=O)C1C=Nc2c(ccc3ncccc23)N1O)c1ccccc1. The van der Waals surface area contributed by atoms with Gasteiger partial charge in [0, 0.05) is 17.8 Å². The number of aliphatic carboxylic acids is 1. The molecule has 0 aliphatic carbocycles. The summed E-state index contributed by atoms with van der Waals surface area (Å²) in [7, 11) is 0. The number of benzene rings is 2. The van der Waals surface area contributed by atoms with Crippen molar-refractivity contribution < 1.29 is 19.9 Å². The van der Waals surface area contributed by atoms with Gasteiger partial charge in [-0.05, 0) is 29.8 Å².